The summed E-state index contributed by atoms with van der Waals surface area (Å²) >= 11 is 0. The Labute approximate surface area is 169 Å². The van der Waals surface area contributed by atoms with E-state index in [9.17, 15) is 18.4 Å². The van der Waals surface area contributed by atoms with Crippen LogP contribution in [0.25, 0.3) is 0 Å². The summed E-state index contributed by atoms with van der Waals surface area (Å²) in [6, 6.07) is 10.1. The Hall–Kier alpha value is -3.00. The highest BCUT2D eigenvalue weighted by Gasteiger charge is 2.19. The van der Waals surface area contributed by atoms with Gasteiger partial charge in [-0.05, 0) is 48.9 Å². The molecular formula is C21H26F2N3O3+. The third-order valence-corrected chi connectivity index (χ3v) is 4.37. The molecule has 29 heavy (non-hydrogen) atoms. The van der Waals surface area contributed by atoms with E-state index >= 15 is 0 Å². The van der Waals surface area contributed by atoms with Gasteiger partial charge in [-0.25, -0.2) is 8.78 Å². The lowest BCUT2D eigenvalue weighted by atomic mass is 10.2. The number of quaternary nitrogens is 1. The Morgan fingerprint density at radius 3 is 2.38 bits per heavy atom. The van der Waals surface area contributed by atoms with Crippen LogP contribution in [0.1, 0.15) is 12.5 Å². The smallest absolute Gasteiger partial charge is 0.279 e. The van der Waals surface area contributed by atoms with Crippen molar-refractivity contribution >= 4 is 17.5 Å². The number of carbonyl (C=O) groups excluding carboxylic acids is 2. The second-order valence-electron chi connectivity index (χ2n) is 6.74. The van der Waals surface area contributed by atoms with Crippen LogP contribution in [0.5, 0.6) is 5.75 Å². The molecule has 0 saturated carbocycles. The molecule has 0 bridgehead atoms. The SMILES string of the molecule is CCN(Cc1ccc(OC)c(F)c1)C(=O)C[NH+](C)CC(=O)Nc1ccc(F)cc1. The minimum absolute atomic E-state index is 0.0812. The van der Waals surface area contributed by atoms with Gasteiger partial charge in [-0.2, -0.15) is 0 Å². The van der Waals surface area contributed by atoms with Crippen LogP contribution in [0.3, 0.4) is 0 Å². The van der Waals surface area contributed by atoms with E-state index in [2.05, 4.69) is 5.32 Å². The zero-order chi connectivity index (χ0) is 21.4. The first kappa shape index (κ1) is 22.3. The number of ether oxygens (including phenoxy) is 1. The molecule has 156 valence electrons. The van der Waals surface area contributed by atoms with Gasteiger partial charge in [0.1, 0.15) is 5.82 Å². The Balaban J connectivity index is 1.88. The quantitative estimate of drug-likeness (QED) is 0.663. The van der Waals surface area contributed by atoms with Crippen molar-refractivity contribution < 1.29 is 28.0 Å². The summed E-state index contributed by atoms with van der Waals surface area (Å²) in [6.45, 7) is 2.77. The third kappa shape index (κ3) is 6.83. The summed E-state index contributed by atoms with van der Waals surface area (Å²) in [5.41, 5.74) is 1.15. The van der Waals surface area contributed by atoms with Crippen molar-refractivity contribution in [2.75, 3.05) is 39.1 Å². The van der Waals surface area contributed by atoms with Gasteiger partial charge in [0.25, 0.3) is 11.8 Å². The van der Waals surface area contributed by atoms with E-state index in [1.807, 2.05) is 6.92 Å². The van der Waals surface area contributed by atoms with Crippen LogP contribution < -0.4 is 15.0 Å². The van der Waals surface area contributed by atoms with Gasteiger partial charge >= 0.3 is 0 Å². The minimum Gasteiger partial charge on any atom is -0.494 e. The molecule has 2 N–H and O–H groups in total. The number of hydrogen-bond acceptors (Lipinski definition) is 3. The second-order valence-corrected chi connectivity index (χ2v) is 6.74. The predicted molar refractivity (Wildman–Crippen MR) is 106 cm³/mol. The minimum atomic E-state index is -0.478. The Bertz CT molecular complexity index is 844. The normalized spacial score (nSPS) is 11.6. The Morgan fingerprint density at radius 1 is 1.10 bits per heavy atom. The highest BCUT2D eigenvalue weighted by molar-refractivity contribution is 5.91. The largest absolute Gasteiger partial charge is 0.494 e. The van der Waals surface area contributed by atoms with E-state index in [1.165, 1.54) is 43.5 Å². The monoisotopic (exact) mass is 406 g/mol. The molecule has 8 heteroatoms. The number of rotatable bonds is 9. The summed E-state index contributed by atoms with van der Waals surface area (Å²) in [5.74, 6) is -1.13. The van der Waals surface area contributed by atoms with Gasteiger partial charge in [0.15, 0.2) is 24.7 Å². The van der Waals surface area contributed by atoms with Crippen LogP contribution >= 0.6 is 0 Å². The lowest BCUT2D eigenvalue weighted by Gasteiger charge is -2.23. The average Bonchev–Trinajstić information content (AvgIpc) is 2.67. The molecule has 6 nitrogen and oxygen atoms in total. The number of likely N-dealkylation sites (N-methyl/N-ethyl adjacent to an activating group) is 2. The van der Waals surface area contributed by atoms with Crippen molar-refractivity contribution in [3.05, 3.63) is 59.7 Å². The van der Waals surface area contributed by atoms with Crippen LogP contribution in [0.15, 0.2) is 42.5 Å². The summed E-state index contributed by atoms with van der Waals surface area (Å²) in [5, 5.41) is 2.67. The van der Waals surface area contributed by atoms with Gasteiger partial charge in [-0.3, -0.25) is 9.59 Å². The van der Waals surface area contributed by atoms with E-state index in [4.69, 9.17) is 4.74 Å². The number of carbonyl (C=O) groups is 2. The molecule has 0 aliphatic carbocycles. The maximum atomic E-state index is 13.9. The van der Waals surface area contributed by atoms with Gasteiger partial charge in [0, 0.05) is 18.8 Å². The standard InChI is InChI=1S/C21H25F2N3O3/c1-4-26(12-15-5-10-19(29-3)18(23)11-15)21(28)14-25(2)13-20(27)24-17-8-6-16(22)7-9-17/h5-11H,4,12-14H2,1-3H3,(H,24,27)/p+1. The van der Waals surface area contributed by atoms with E-state index in [0.29, 0.717) is 22.7 Å². The number of nitrogens with zero attached hydrogens (tertiary/aromatic N) is 1. The Kier molecular flexibility index (Phi) is 8.09. The van der Waals surface area contributed by atoms with E-state index < -0.39 is 5.82 Å². The summed E-state index contributed by atoms with van der Waals surface area (Å²) in [4.78, 5) is 27.0. The first-order chi connectivity index (χ1) is 13.8. The number of halogens is 2. The highest BCUT2D eigenvalue weighted by atomic mass is 19.1. The number of benzene rings is 2. The third-order valence-electron chi connectivity index (χ3n) is 4.37. The lowest BCUT2D eigenvalue weighted by molar-refractivity contribution is -0.862. The zero-order valence-electron chi connectivity index (χ0n) is 16.8. The molecule has 1 atom stereocenters. The van der Waals surface area contributed by atoms with Crippen molar-refractivity contribution in [3.63, 3.8) is 0 Å². The summed E-state index contributed by atoms with van der Waals surface area (Å²) < 4.78 is 31.7. The van der Waals surface area contributed by atoms with Gasteiger partial charge in [0.05, 0.1) is 14.2 Å². The van der Waals surface area contributed by atoms with Gasteiger partial charge in [-0.1, -0.05) is 6.07 Å². The van der Waals surface area contributed by atoms with Crippen LogP contribution in [-0.4, -0.2) is 50.5 Å². The fraction of sp³-hybridized carbons (Fsp3) is 0.333. The van der Waals surface area contributed by atoms with Crippen molar-refractivity contribution in [2.24, 2.45) is 0 Å². The van der Waals surface area contributed by atoms with E-state index in [-0.39, 0.29) is 43.0 Å². The number of anilines is 1. The number of nitrogens with one attached hydrogen (secondary N) is 2. The van der Waals surface area contributed by atoms with Crippen LogP contribution in [0, 0.1) is 11.6 Å². The predicted octanol–water partition coefficient (Wildman–Crippen LogP) is 1.48. The molecule has 0 aromatic heterocycles. The van der Waals surface area contributed by atoms with Gasteiger partial charge in [-0.15, -0.1) is 0 Å². The van der Waals surface area contributed by atoms with Crippen molar-refractivity contribution in [1.29, 1.82) is 0 Å². The number of amides is 2. The fourth-order valence-corrected chi connectivity index (χ4v) is 2.85. The summed E-state index contributed by atoms with van der Waals surface area (Å²) in [7, 11) is 3.13. The maximum Gasteiger partial charge on any atom is 0.279 e. The second kappa shape index (κ2) is 10.5. The summed E-state index contributed by atoms with van der Waals surface area (Å²) in [6.07, 6.45) is 0. The maximum absolute atomic E-state index is 13.9. The zero-order valence-corrected chi connectivity index (χ0v) is 16.8. The van der Waals surface area contributed by atoms with Gasteiger partial charge in [0.2, 0.25) is 0 Å². The molecule has 2 aromatic carbocycles. The van der Waals surface area contributed by atoms with Gasteiger partial charge < -0.3 is 19.9 Å². The van der Waals surface area contributed by atoms with Crippen LogP contribution in [0.4, 0.5) is 14.5 Å². The Morgan fingerprint density at radius 2 is 1.79 bits per heavy atom. The molecule has 2 amide bonds. The molecule has 0 aliphatic rings. The molecule has 0 saturated heterocycles. The molecule has 0 radical (unpaired) electrons. The molecule has 1 unspecified atom stereocenters. The lowest BCUT2D eigenvalue weighted by Crippen LogP contribution is -3.11. The van der Waals surface area contributed by atoms with Crippen LogP contribution in [0.2, 0.25) is 0 Å². The molecule has 0 heterocycles. The molecular weight excluding hydrogens is 380 g/mol. The molecule has 2 rings (SSSR count). The molecule has 0 fully saturated rings. The topological polar surface area (TPSA) is 63.1 Å². The molecule has 2 aromatic rings. The van der Waals surface area contributed by atoms with E-state index in [1.54, 1.807) is 18.0 Å². The first-order valence-corrected chi connectivity index (χ1v) is 9.29. The first-order valence-electron chi connectivity index (χ1n) is 9.29. The molecule has 0 aliphatic heterocycles. The number of hydrogen-bond donors (Lipinski definition) is 2. The van der Waals surface area contributed by atoms with Crippen molar-refractivity contribution in [1.82, 2.24) is 4.90 Å². The molecule has 0 spiro atoms. The van der Waals surface area contributed by atoms with E-state index in [0.717, 1.165) is 0 Å². The van der Waals surface area contributed by atoms with Crippen LogP contribution in [-0.2, 0) is 16.1 Å². The van der Waals surface area contributed by atoms with Crippen molar-refractivity contribution in [3.8, 4) is 5.75 Å². The fourth-order valence-electron chi connectivity index (χ4n) is 2.85. The van der Waals surface area contributed by atoms with Crippen molar-refractivity contribution in [2.45, 2.75) is 13.5 Å². The number of methoxy groups -OCH3 is 1. The average molecular weight is 406 g/mol. The highest BCUT2D eigenvalue weighted by Crippen LogP contribution is 2.18.